The van der Waals surface area contributed by atoms with E-state index in [1.54, 1.807) is 0 Å². The van der Waals surface area contributed by atoms with Crippen molar-refractivity contribution in [1.29, 1.82) is 0 Å². The lowest BCUT2D eigenvalue weighted by molar-refractivity contribution is 0.0915. The zero-order chi connectivity index (χ0) is 12.5. The number of aromatic nitrogens is 2. The van der Waals surface area contributed by atoms with Crippen molar-refractivity contribution in [3.8, 4) is 0 Å². The van der Waals surface area contributed by atoms with Crippen LogP contribution in [0, 0.1) is 0 Å². The Morgan fingerprint density at radius 3 is 2.31 bits per heavy atom. The number of anilines is 2. The molecule has 88 valence electrons. The summed E-state index contributed by atoms with van der Waals surface area (Å²) in [6, 6.07) is 0. The number of rotatable bonds is 1. The number of hydrogen-bond acceptors (Lipinski definition) is 5. The maximum absolute atomic E-state index is 11.8. The van der Waals surface area contributed by atoms with Crippen molar-refractivity contribution in [3.05, 3.63) is 10.8 Å². The molecule has 0 unspecified atom stereocenters. The van der Waals surface area contributed by atoms with Crippen LogP contribution in [0.5, 0.6) is 0 Å². The van der Waals surface area contributed by atoms with E-state index >= 15 is 0 Å². The lowest BCUT2D eigenvalue weighted by Gasteiger charge is -2.20. The molecular weight excluding hydrogens is 230 g/mol. The Kier molecular flexibility index (Phi) is 3.23. The molecule has 0 aliphatic carbocycles. The van der Waals surface area contributed by atoms with Crippen molar-refractivity contribution < 1.29 is 4.79 Å². The van der Waals surface area contributed by atoms with Crippen molar-refractivity contribution >= 4 is 29.1 Å². The maximum atomic E-state index is 11.8. The monoisotopic (exact) mass is 243 g/mol. The molecule has 1 amide bonds. The summed E-state index contributed by atoms with van der Waals surface area (Å²) in [4.78, 5) is 19.3. The fourth-order valence-electron chi connectivity index (χ4n) is 1.01. The molecule has 1 heterocycles. The maximum Gasteiger partial charge on any atom is 0.274 e. The van der Waals surface area contributed by atoms with Crippen LogP contribution >= 0.6 is 11.6 Å². The topological polar surface area (TPSA) is 107 Å². The lowest BCUT2D eigenvalue weighted by Crippen LogP contribution is -2.41. The van der Waals surface area contributed by atoms with Gasteiger partial charge in [-0.2, -0.15) is 0 Å². The minimum atomic E-state index is -0.431. The van der Waals surface area contributed by atoms with E-state index in [-0.39, 0.29) is 28.0 Å². The standard InChI is InChI=1S/C9H14ClN5O/c1-9(2,3)15-8(16)4-6(11)14-7(12)5(10)13-4/h1-3H3,(H,15,16)(H4,11,12,14). The Bertz CT molecular complexity index is 427. The van der Waals surface area contributed by atoms with Crippen LogP contribution in [0.1, 0.15) is 31.3 Å². The van der Waals surface area contributed by atoms with Crippen LogP contribution < -0.4 is 16.8 Å². The predicted molar refractivity (Wildman–Crippen MR) is 63.1 cm³/mol. The minimum absolute atomic E-state index is 0.00600. The number of nitrogens with one attached hydrogen (secondary N) is 1. The Labute approximate surface area is 98.4 Å². The van der Waals surface area contributed by atoms with Gasteiger partial charge in [-0.15, -0.1) is 0 Å². The molecule has 0 bridgehead atoms. The van der Waals surface area contributed by atoms with Crippen molar-refractivity contribution in [1.82, 2.24) is 15.3 Å². The van der Waals surface area contributed by atoms with Crippen LogP contribution in [0.15, 0.2) is 0 Å². The fraction of sp³-hybridized carbons (Fsp3) is 0.444. The average molecular weight is 244 g/mol. The molecule has 1 aromatic heterocycles. The molecule has 5 N–H and O–H groups in total. The van der Waals surface area contributed by atoms with Gasteiger partial charge in [-0.25, -0.2) is 9.97 Å². The summed E-state index contributed by atoms with van der Waals surface area (Å²) in [6.45, 7) is 5.52. The highest BCUT2D eigenvalue weighted by Gasteiger charge is 2.20. The summed E-state index contributed by atoms with van der Waals surface area (Å²) in [6.07, 6.45) is 0. The molecule has 0 spiro atoms. The Morgan fingerprint density at radius 1 is 1.25 bits per heavy atom. The number of nitrogen functional groups attached to an aromatic ring is 2. The number of nitrogens with two attached hydrogens (primary N) is 2. The zero-order valence-corrected chi connectivity index (χ0v) is 10.1. The van der Waals surface area contributed by atoms with Gasteiger partial charge < -0.3 is 16.8 Å². The SMILES string of the molecule is CC(C)(C)NC(=O)c1nc(Cl)c(N)nc1N. The third-order valence-electron chi connectivity index (χ3n) is 1.61. The molecular formula is C9H14ClN5O. The first kappa shape index (κ1) is 12.5. The number of halogens is 1. The molecule has 16 heavy (non-hydrogen) atoms. The molecule has 0 aliphatic rings. The lowest BCUT2D eigenvalue weighted by atomic mass is 10.1. The quantitative estimate of drug-likeness (QED) is 0.677. The molecule has 7 heteroatoms. The van der Waals surface area contributed by atoms with Crippen molar-refractivity contribution in [2.75, 3.05) is 11.5 Å². The van der Waals surface area contributed by atoms with Gasteiger partial charge in [0.1, 0.15) is 0 Å². The highest BCUT2D eigenvalue weighted by Crippen LogP contribution is 2.17. The van der Waals surface area contributed by atoms with E-state index in [0.29, 0.717) is 0 Å². The molecule has 0 saturated heterocycles. The van der Waals surface area contributed by atoms with Crippen LogP contribution in [-0.2, 0) is 0 Å². The van der Waals surface area contributed by atoms with E-state index in [1.807, 2.05) is 20.8 Å². The second-order valence-corrected chi connectivity index (χ2v) is 4.70. The molecule has 0 fully saturated rings. The normalized spacial score (nSPS) is 11.2. The Balaban J connectivity index is 3.05. The Morgan fingerprint density at radius 2 is 1.81 bits per heavy atom. The highest BCUT2D eigenvalue weighted by molar-refractivity contribution is 6.31. The number of carbonyl (C=O) groups is 1. The second-order valence-electron chi connectivity index (χ2n) is 4.34. The van der Waals surface area contributed by atoms with Crippen molar-refractivity contribution in [2.45, 2.75) is 26.3 Å². The molecule has 6 nitrogen and oxygen atoms in total. The van der Waals surface area contributed by atoms with Gasteiger partial charge >= 0.3 is 0 Å². The van der Waals surface area contributed by atoms with Gasteiger partial charge in [0, 0.05) is 5.54 Å². The van der Waals surface area contributed by atoms with Crippen LogP contribution in [0.2, 0.25) is 5.15 Å². The summed E-state index contributed by atoms with van der Waals surface area (Å²) in [5.74, 6) is -0.463. The number of carbonyl (C=O) groups excluding carboxylic acids is 1. The van der Waals surface area contributed by atoms with E-state index < -0.39 is 5.91 Å². The second kappa shape index (κ2) is 4.13. The smallest absolute Gasteiger partial charge is 0.274 e. The first-order chi connectivity index (χ1) is 7.20. The van der Waals surface area contributed by atoms with E-state index in [1.165, 1.54) is 0 Å². The molecule has 1 rings (SSSR count). The van der Waals surface area contributed by atoms with Gasteiger partial charge in [-0.05, 0) is 20.8 Å². The summed E-state index contributed by atoms with van der Waals surface area (Å²) in [5, 5.41) is 2.67. The van der Waals surface area contributed by atoms with Gasteiger partial charge in [-0.3, -0.25) is 4.79 Å². The minimum Gasteiger partial charge on any atom is -0.382 e. The largest absolute Gasteiger partial charge is 0.382 e. The molecule has 0 aliphatic heterocycles. The van der Waals surface area contributed by atoms with E-state index in [4.69, 9.17) is 23.1 Å². The van der Waals surface area contributed by atoms with Gasteiger partial charge in [0.25, 0.3) is 5.91 Å². The highest BCUT2D eigenvalue weighted by atomic mass is 35.5. The van der Waals surface area contributed by atoms with E-state index in [2.05, 4.69) is 15.3 Å². The average Bonchev–Trinajstić information content (AvgIpc) is 2.08. The van der Waals surface area contributed by atoms with E-state index in [0.717, 1.165) is 0 Å². The third-order valence-corrected chi connectivity index (χ3v) is 1.89. The fourth-order valence-corrected chi connectivity index (χ4v) is 1.14. The van der Waals surface area contributed by atoms with Gasteiger partial charge in [0.05, 0.1) is 0 Å². The summed E-state index contributed by atoms with van der Waals surface area (Å²) < 4.78 is 0. The molecule has 1 aromatic rings. The number of amides is 1. The van der Waals surface area contributed by atoms with Crippen molar-refractivity contribution in [2.24, 2.45) is 0 Å². The molecule has 0 atom stereocenters. The first-order valence-electron chi connectivity index (χ1n) is 4.61. The molecule has 0 aromatic carbocycles. The van der Waals surface area contributed by atoms with Gasteiger partial charge in [-0.1, -0.05) is 11.6 Å². The van der Waals surface area contributed by atoms with Crippen LogP contribution in [0.25, 0.3) is 0 Å². The number of nitrogens with zero attached hydrogens (tertiary/aromatic N) is 2. The first-order valence-corrected chi connectivity index (χ1v) is 4.99. The number of hydrogen-bond donors (Lipinski definition) is 3. The van der Waals surface area contributed by atoms with Crippen LogP contribution in [0.3, 0.4) is 0 Å². The third kappa shape index (κ3) is 2.96. The van der Waals surface area contributed by atoms with Gasteiger partial charge in [0.15, 0.2) is 22.5 Å². The summed E-state index contributed by atoms with van der Waals surface area (Å²) in [5.41, 5.74) is 10.5. The van der Waals surface area contributed by atoms with Gasteiger partial charge in [0.2, 0.25) is 0 Å². The zero-order valence-electron chi connectivity index (χ0n) is 9.34. The van der Waals surface area contributed by atoms with E-state index in [9.17, 15) is 4.79 Å². The predicted octanol–water partition coefficient (Wildman–Crippen LogP) is 0.823. The van der Waals surface area contributed by atoms with Crippen molar-refractivity contribution in [3.63, 3.8) is 0 Å². The van der Waals surface area contributed by atoms with Crippen LogP contribution in [-0.4, -0.2) is 21.4 Å². The Hall–Kier alpha value is -1.56. The van der Waals surface area contributed by atoms with Crippen LogP contribution in [0.4, 0.5) is 11.6 Å². The summed E-state index contributed by atoms with van der Waals surface area (Å²) in [7, 11) is 0. The molecule has 0 saturated carbocycles. The molecule has 0 radical (unpaired) electrons. The summed E-state index contributed by atoms with van der Waals surface area (Å²) >= 11 is 5.67.